The van der Waals surface area contributed by atoms with Crippen LogP contribution in [0.2, 0.25) is 0 Å². The Morgan fingerprint density at radius 2 is 2.07 bits per heavy atom. The van der Waals surface area contributed by atoms with Crippen molar-refractivity contribution in [1.82, 2.24) is 10.6 Å². The number of carbonyl (C=O) groups excluding carboxylic acids is 2. The minimum atomic E-state index is -0.523. The number of urea groups is 1. The van der Waals surface area contributed by atoms with Crippen LogP contribution in [0.5, 0.6) is 0 Å². The fourth-order valence-electron chi connectivity index (χ4n) is 3.98. The minimum Gasteiger partial charge on any atom is -0.466 e. The predicted octanol–water partition coefficient (Wildman–Crippen LogP) is -1.44. The van der Waals surface area contributed by atoms with E-state index in [2.05, 4.69) is 22.0 Å². The molecule has 8 nitrogen and oxygen atoms in total. The fourth-order valence-corrected chi connectivity index (χ4v) is 3.98. The molecule has 0 saturated carbocycles. The van der Waals surface area contributed by atoms with E-state index >= 15 is 0 Å². The molecule has 0 unspecified atom stereocenters. The van der Waals surface area contributed by atoms with E-state index in [-0.39, 0.29) is 6.03 Å². The van der Waals surface area contributed by atoms with Gasteiger partial charge in [0.25, 0.3) is 0 Å². The van der Waals surface area contributed by atoms with Crippen molar-refractivity contribution < 1.29 is 29.3 Å². The van der Waals surface area contributed by atoms with Crippen LogP contribution < -0.4 is 20.9 Å². The van der Waals surface area contributed by atoms with Crippen molar-refractivity contribution in [1.29, 1.82) is 0 Å². The number of rotatable bonds is 7. The number of methoxy groups -OCH3 is 1. The number of quaternary nitrogens is 2. The second-order valence-electron chi connectivity index (χ2n) is 7.67. The van der Waals surface area contributed by atoms with E-state index in [1.807, 2.05) is 26.0 Å². The maximum Gasteiger partial charge on any atom is 0.338 e. The van der Waals surface area contributed by atoms with Gasteiger partial charge in [0.2, 0.25) is 0 Å². The molecule has 1 aromatic rings. The quantitative estimate of drug-likeness (QED) is 0.331. The Balaban J connectivity index is 1.77. The lowest BCUT2D eigenvalue weighted by Crippen LogP contribution is -3.16. The molecule has 3 rings (SSSR count). The zero-order valence-electron chi connectivity index (χ0n) is 17.5. The predicted molar refractivity (Wildman–Crippen MR) is 107 cm³/mol. The summed E-state index contributed by atoms with van der Waals surface area (Å²) in [7, 11) is 1.37. The third-order valence-electron chi connectivity index (χ3n) is 5.55. The highest BCUT2D eigenvalue weighted by Crippen LogP contribution is 2.29. The monoisotopic (exact) mass is 404 g/mol. The molecule has 0 aromatic heterocycles. The van der Waals surface area contributed by atoms with E-state index in [0.717, 1.165) is 56.1 Å². The summed E-state index contributed by atoms with van der Waals surface area (Å²) in [6, 6.07) is 5.18. The second-order valence-corrected chi connectivity index (χ2v) is 7.67. The van der Waals surface area contributed by atoms with Crippen LogP contribution >= 0.6 is 0 Å². The molecule has 1 atom stereocenters. The van der Waals surface area contributed by atoms with Crippen molar-refractivity contribution in [3.63, 3.8) is 0 Å². The van der Waals surface area contributed by atoms with Crippen LogP contribution in [0.25, 0.3) is 0 Å². The molecule has 1 fully saturated rings. The first-order valence-electron chi connectivity index (χ1n) is 10.2. The molecule has 8 heteroatoms. The van der Waals surface area contributed by atoms with Crippen LogP contribution in [0.15, 0.2) is 29.5 Å². The van der Waals surface area contributed by atoms with E-state index in [4.69, 9.17) is 9.47 Å². The molecule has 5 N–H and O–H groups in total. The lowest BCUT2D eigenvalue weighted by molar-refractivity contribution is -0.919. The number of esters is 1. The highest BCUT2D eigenvalue weighted by molar-refractivity contribution is 5.95. The molecule has 29 heavy (non-hydrogen) atoms. The number of hydrogen-bond acceptors (Lipinski definition) is 4. The summed E-state index contributed by atoms with van der Waals surface area (Å²) in [5.74, 6) is -0.426. The van der Waals surface area contributed by atoms with E-state index < -0.39 is 12.0 Å². The van der Waals surface area contributed by atoms with Crippen LogP contribution in [0.3, 0.4) is 0 Å². The average molecular weight is 405 g/mol. The molecule has 0 spiro atoms. The Morgan fingerprint density at radius 3 is 2.76 bits per heavy atom. The van der Waals surface area contributed by atoms with Gasteiger partial charge in [0, 0.05) is 0 Å². The molecule has 0 aliphatic carbocycles. The molecule has 0 bridgehead atoms. The van der Waals surface area contributed by atoms with Crippen LogP contribution in [-0.2, 0) is 14.3 Å². The molecule has 2 heterocycles. The SMILES string of the molecule is COC(=O)C1=C(C[NH2+]CC[NH+]2CCOCC2)NC(=O)N[C@@H]1c1ccc(C)cc1C. The molecule has 0 radical (unpaired) electrons. The van der Waals surface area contributed by atoms with Crippen molar-refractivity contribution >= 4 is 12.0 Å². The summed E-state index contributed by atoms with van der Waals surface area (Å²) < 4.78 is 10.4. The van der Waals surface area contributed by atoms with E-state index in [0.29, 0.717) is 17.8 Å². The van der Waals surface area contributed by atoms with Gasteiger partial charge < -0.3 is 30.3 Å². The molecular formula is C21H32N4O4+2. The smallest absolute Gasteiger partial charge is 0.338 e. The van der Waals surface area contributed by atoms with E-state index in [1.165, 1.54) is 12.0 Å². The summed E-state index contributed by atoms with van der Waals surface area (Å²) >= 11 is 0. The maximum absolute atomic E-state index is 12.6. The van der Waals surface area contributed by atoms with E-state index in [9.17, 15) is 9.59 Å². The van der Waals surface area contributed by atoms with Crippen LogP contribution in [0.4, 0.5) is 4.79 Å². The van der Waals surface area contributed by atoms with E-state index in [1.54, 1.807) is 0 Å². The maximum atomic E-state index is 12.6. The highest BCUT2D eigenvalue weighted by Gasteiger charge is 2.34. The molecule has 2 amide bonds. The summed E-state index contributed by atoms with van der Waals surface area (Å²) in [6.45, 7) is 10.1. The summed E-state index contributed by atoms with van der Waals surface area (Å²) in [4.78, 5) is 26.5. The van der Waals surface area contributed by atoms with Crippen molar-refractivity contribution in [2.24, 2.45) is 0 Å². The van der Waals surface area contributed by atoms with Crippen molar-refractivity contribution in [2.75, 3.05) is 53.0 Å². The molecule has 2 aliphatic heterocycles. The topological polar surface area (TPSA) is 97.7 Å². The van der Waals surface area contributed by atoms with Crippen molar-refractivity contribution in [2.45, 2.75) is 19.9 Å². The number of nitrogens with one attached hydrogen (secondary N) is 3. The first-order chi connectivity index (χ1) is 14.0. The molecule has 2 aliphatic rings. The van der Waals surface area contributed by atoms with Crippen molar-refractivity contribution in [3.05, 3.63) is 46.2 Å². The zero-order chi connectivity index (χ0) is 20.8. The average Bonchev–Trinajstić information content (AvgIpc) is 2.71. The third-order valence-corrected chi connectivity index (χ3v) is 5.55. The van der Waals surface area contributed by atoms with Gasteiger partial charge in [-0.05, 0) is 25.0 Å². The standard InChI is InChI=1S/C21H30N4O4/c1-14-4-5-16(15(2)12-14)19-18(20(26)28-3)17(23-21(27)24-19)13-22-6-7-25-8-10-29-11-9-25/h4-5,12,19,22H,6-11,13H2,1-3H3,(H2,23,24,27)/p+2/t19-/m1/s1. The van der Waals surface area contributed by atoms with Gasteiger partial charge in [-0.1, -0.05) is 23.8 Å². The number of carbonyl (C=O) groups is 2. The van der Waals surface area contributed by atoms with Crippen LogP contribution in [0.1, 0.15) is 22.7 Å². The zero-order valence-corrected chi connectivity index (χ0v) is 17.5. The van der Waals surface area contributed by atoms with Gasteiger partial charge >= 0.3 is 12.0 Å². The van der Waals surface area contributed by atoms with Crippen LogP contribution in [0, 0.1) is 13.8 Å². The Morgan fingerprint density at radius 1 is 1.31 bits per heavy atom. The first kappa shape index (κ1) is 21.3. The van der Waals surface area contributed by atoms with Gasteiger partial charge in [-0.25, -0.2) is 9.59 Å². The Labute approximate surface area is 171 Å². The normalized spacial score (nSPS) is 20.2. The number of benzene rings is 1. The molecular weight excluding hydrogens is 372 g/mol. The summed E-state index contributed by atoms with van der Waals surface area (Å²) in [5, 5.41) is 7.84. The lowest BCUT2D eigenvalue weighted by atomic mass is 9.91. The van der Waals surface area contributed by atoms with Gasteiger partial charge in [-0.3, -0.25) is 0 Å². The Kier molecular flexibility index (Phi) is 7.24. The minimum absolute atomic E-state index is 0.301. The third kappa shape index (κ3) is 5.35. The van der Waals surface area contributed by atoms with Gasteiger partial charge in [-0.15, -0.1) is 0 Å². The number of aryl methyl sites for hydroxylation is 2. The number of ether oxygens (including phenoxy) is 2. The Hall–Kier alpha value is -2.42. The Bertz CT molecular complexity index is 787. The summed E-state index contributed by atoms with van der Waals surface area (Å²) in [5.41, 5.74) is 4.14. The molecule has 1 saturated heterocycles. The first-order valence-corrected chi connectivity index (χ1v) is 10.2. The van der Waals surface area contributed by atoms with Gasteiger partial charge in [-0.2, -0.15) is 0 Å². The number of morpholine rings is 1. The second kappa shape index (κ2) is 9.87. The lowest BCUT2D eigenvalue weighted by Gasteiger charge is -2.29. The van der Waals surface area contributed by atoms with Crippen molar-refractivity contribution in [3.8, 4) is 0 Å². The number of nitrogens with two attached hydrogens (primary N) is 1. The van der Waals surface area contributed by atoms with Gasteiger partial charge in [0.15, 0.2) is 0 Å². The largest absolute Gasteiger partial charge is 0.466 e. The number of hydrogen-bond donors (Lipinski definition) is 4. The highest BCUT2D eigenvalue weighted by atomic mass is 16.5. The summed E-state index contributed by atoms with van der Waals surface area (Å²) in [6.07, 6.45) is 0. The molecule has 1 aromatic carbocycles. The molecule has 158 valence electrons. The van der Waals surface area contributed by atoms with Gasteiger partial charge in [0.1, 0.15) is 32.7 Å². The van der Waals surface area contributed by atoms with Crippen LogP contribution in [-0.4, -0.2) is 65.0 Å². The fraction of sp³-hybridized carbons (Fsp3) is 0.524. The van der Waals surface area contributed by atoms with Gasteiger partial charge in [0.05, 0.1) is 37.6 Å². The number of amides is 2.